The van der Waals surface area contributed by atoms with Crippen molar-refractivity contribution in [1.82, 2.24) is 30.6 Å². The molecule has 2 unspecified atom stereocenters. The third-order valence-corrected chi connectivity index (χ3v) is 8.33. The lowest BCUT2D eigenvalue weighted by atomic mass is 10.0. The minimum absolute atomic E-state index is 0. The number of H-pyrrole nitrogens is 2. The Morgan fingerprint density at radius 1 is 0.500 bits per heavy atom. The van der Waals surface area contributed by atoms with Crippen molar-refractivity contribution in [3.05, 3.63) is 72.6 Å². The highest BCUT2D eigenvalue weighted by atomic mass is 35.5. The summed E-state index contributed by atoms with van der Waals surface area (Å²) in [6.07, 6.45) is 9.04. The molecule has 0 bridgehead atoms. The molecule has 4 aliphatic rings. The maximum absolute atomic E-state index is 4.65. The van der Waals surface area contributed by atoms with Gasteiger partial charge in [0.15, 0.2) is 0 Å². The van der Waals surface area contributed by atoms with Crippen molar-refractivity contribution in [3.63, 3.8) is 0 Å². The van der Waals surface area contributed by atoms with Gasteiger partial charge in [0.1, 0.15) is 11.6 Å². The Bertz CT molecular complexity index is 1240. The second-order valence-corrected chi connectivity index (χ2v) is 10.6. The number of aromatic amines is 2. The lowest BCUT2D eigenvalue weighted by Crippen LogP contribution is -2.18. The molecule has 4 N–H and O–H groups in total. The second-order valence-electron chi connectivity index (χ2n) is 10.6. The molecular weight excluding hydrogens is 562 g/mol. The van der Waals surface area contributed by atoms with Crippen LogP contribution in [0.1, 0.15) is 49.4 Å². The summed E-state index contributed by atoms with van der Waals surface area (Å²) in [6.45, 7) is 0. The van der Waals surface area contributed by atoms with Crippen LogP contribution in [0.3, 0.4) is 0 Å². The highest BCUT2D eigenvalue weighted by molar-refractivity contribution is 5.86. The molecule has 2 aromatic heterocycles. The summed E-state index contributed by atoms with van der Waals surface area (Å²) < 4.78 is 0. The monoisotopic (exact) mass is 592 g/mol. The van der Waals surface area contributed by atoms with Crippen molar-refractivity contribution in [2.24, 2.45) is 11.8 Å². The number of hydrogen-bond acceptors (Lipinski definition) is 4. The van der Waals surface area contributed by atoms with E-state index < -0.39 is 0 Å². The summed E-state index contributed by atoms with van der Waals surface area (Å²) in [7, 11) is 0. The number of hydrogen-bond donors (Lipinski definition) is 4. The molecule has 10 heteroatoms. The molecule has 38 heavy (non-hydrogen) atoms. The van der Waals surface area contributed by atoms with Crippen molar-refractivity contribution in [3.8, 4) is 33.6 Å². The fourth-order valence-corrected chi connectivity index (χ4v) is 6.07. The molecule has 0 spiro atoms. The van der Waals surface area contributed by atoms with E-state index in [1.165, 1.54) is 47.9 Å². The topological polar surface area (TPSA) is 81.4 Å². The van der Waals surface area contributed by atoms with Crippen molar-refractivity contribution < 1.29 is 0 Å². The zero-order chi connectivity index (χ0) is 22.2. The van der Waals surface area contributed by atoms with Gasteiger partial charge in [0.2, 0.25) is 0 Å². The van der Waals surface area contributed by atoms with Gasteiger partial charge < -0.3 is 20.6 Å². The molecular formula is C28H32Cl4N6. The molecule has 0 radical (unpaired) electrons. The van der Waals surface area contributed by atoms with Crippen LogP contribution in [0, 0.1) is 11.8 Å². The van der Waals surface area contributed by atoms with Crippen LogP contribution in [0.2, 0.25) is 0 Å². The standard InChI is InChI=1S/C28H28N6.4ClH/c1-5-17(25-13-29-27(33-25)23-11-19-9-21(19)31-23)6-2-15(1)16-3-7-18(8-4-16)26-14-30-28(34-26)24-12-20-10-22(20)32-24;;;;/h1-8,13-14,19-24,31-32H,9-12H2,(H,29,33)(H,30,34);4*1H/t19-,20-,21?,22?,23+,24+;;;;/m1..../s1. The van der Waals surface area contributed by atoms with Crippen LogP contribution in [-0.2, 0) is 0 Å². The molecule has 2 aliphatic heterocycles. The van der Waals surface area contributed by atoms with Crippen LogP contribution < -0.4 is 10.6 Å². The molecule has 4 heterocycles. The summed E-state index contributed by atoms with van der Waals surface area (Å²) in [4.78, 5) is 16.4. The van der Waals surface area contributed by atoms with Crippen LogP contribution in [0.15, 0.2) is 60.9 Å². The van der Waals surface area contributed by atoms with Crippen LogP contribution >= 0.6 is 49.6 Å². The molecule has 6 nitrogen and oxygen atoms in total. The number of rotatable bonds is 5. The van der Waals surface area contributed by atoms with E-state index in [4.69, 9.17) is 0 Å². The average molecular weight is 594 g/mol. The zero-order valence-electron chi connectivity index (χ0n) is 20.6. The number of imidazole rings is 2. The van der Waals surface area contributed by atoms with E-state index in [-0.39, 0.29) is 49.6 Å². The molecule has 2 aromatic carbocycles. The summed E-state index contributed by atoms with van der Waals surface area (Å²) in [5, 5.41) is 7.34. The van der Waals surface area contributed by atoms with E-state index in [0.717, 1.165) is 47.0 Å². The first-order chi connectivity index (χ1) is 16.8. The van der Waals surface area contributed by atoms with Gasteiger partial charge in [-0.05, 0) is 59.8 Å². The van der Waals surface area contributed by atoms with E-state index >= 15 is 0 Å². The molecule has 6 atom stereocenters. The number of nitrogens with one attached hydrogen (secondary N) is 4. The summed E-state index contributed by atoms with van der Waals surface area (Å²) in [5.74, 6) is 3.89. The van der Waals surface area contributed by atoms with Gasteiger partial charge in [-0.15, -0.1) is 49.6 Å². The Hall–Kier alpha value is -2.06. The van der Waals surface area contributed by atoms with Gasteiger partial charge in [0.25, 0.3) is 0 Å². The van der Waals surface area contributed by atoms with Gasteiger partial charge in [-0.1, -0.05) is 48.5 Å². The molecule has 4 fully saturated rings. The van der Waals surface area contributed by atoms with E-state index in [1.54, 1.807) is 0 Å². The largest absolute Gasteiger partial charge is 0.341 e. The van der Waals surface area contributed by atoms with Gasteiger partial charge in [0.05, 0.1) is 35.9 Å². The third-order valence-electron chi connectivity index (χ3n) is 8.33. The van der Waals surface area contributed by atoms with Crippen LogP contribution in [0.4, 0.5) is 0 Å². The molecule has 2 saturated heterocycles. The molecule has 0 amide bonds. The minimum Gasteiger partial charge on any atom is -0.341 e. The first-order valence-corrected chi connectivity index (χ1v) is 12.6. The maximum atomic E-state index is 4.65. The smallest absolute Gasteiger partial charge is 0.123 e. The average Bonchev–Trinajstić information content (AvgIpc) is 3.46. The van der Waals surface area contributed by atoms with Gasteiger partial charge in [-0.2, -0.15) is 0 Å². The number of piperidine rings is 2. The maximum Gasteiger partial charge on any atom is 0.123 e. The predicted molar refractivity (Wildman–Crippen MR) is 161 cm³/mol. The van der Waals surface area contributed by atoms with Crippen LogP contribution in [-0.4, -0.2) is 32.0 Å². The normalized spacial score (nSPS) is 27.6. The zero-order valence-corrected chi connectivity index (χ0v) is 23.9. The summed E-state index contributed by atoms with van der Waals surface area (Å²) >= 11 is 0. The second kappa shape index (κ2) is 11.2. The van der Waals surface area contributed by atoms with Gasteiger partial charge in [-0.3, -0.25) is 0 Å². The van der Waals surface area contributed by atoms with Gasteiger partial charge in [-0.25, -0.2) is 9.97 Å². The lowest BCUT2D eigenvalue weighted by molar-refractivity contribution is 0.543. The minimum atomic E-state index is 0. The van der Waals surface area contributed by atoms with Crippen molar-refractivity contribution >= 4 is 49.6 Å². The van der Waals surface area contributed by atoms with Crippen LogP contribution in [0.5, 0.6) is 0 Å². The Balaban J connectivity index is 0.000000840. The Kier molecular flexibility index (Phi) is 8.53. The fourth-order valence-electron chi connectivity index (χ4n) is 6.07. The number of fused-ring (bicyclic) bond motifs is 2. The van der Waals surface area contributed by atoms with E-state index in [2.05, 4.69) is 79.1 Å². The number of halogens is 4. The number of benzene rings is 2. The first-order valence-electron chi connectivity index (χ1n) is 12.6. The summed E-state index contributed by atoms with van der Waals surface area (Å²) in [6, 6.07) is 19.7. The Morgan fingerprint density at radius 2 is 0.868 bits per heavy atom. The summed E-state index contributed by atoms with van der Waals surface area (Å²) in [5.41, 5.74) is 6.95. The number of nitrogens with zero attached hydrogens (tertiary/aromatic N) is 2. The van der Waals surface area contributed by atoms with Gasteiger partial charge in [0, 0.05) is 12.1 Å². The first kappa shape index (κ1) is 28.9. The molecule has 2 aliphatic carbocycles. The lowest BCUT2D eigenvalue weighted by Gasteiger charge is -2.09. The van der Waals surface area contributed by atoms with E-state index in [9.17, 15) is 0 Å². The van der Waals surface area contributed by atoms with Crippen LogP contribution in [0.25, 0.3) is 33.6 Å². The molecule has 2 saturated carbocycles. The fraction of sp³-hybridized carbons (Fsp3) is 0.357. The highest BCUT2D eigenvalue weighted by Crippen LogP contribution is 2.46. The number of aromatic nitrogens is 4. The Labute approximate surface area is 247 Å². The van der Waals surface area contributed by atoms with E-state index in [1.807, 2.05) is 12.4 Å². The van der Waals surface area contributed by atoms with Gasteiger partial charge >= 0.3 is 0 Å². The molecule has 8 rings (SSSR count). The Morgan fingerprint density at radius 3 is 1.21 bits per heavy atom. The quantitative estimate of drug-likeness (QED) is 0.208. The SMILES string of the molecule is Cl.Cl.Cl.Cl.c1cc(-c2cnc([C@@H]3C[C@H]4CC4N3)[nH]2)ccc1-c1ccc(-c2cnc([C@@H]3C[C@H]4CC4N3)[nH]2)cc1. The van der Waals surface area contributed by atoms with E-state index in [0.29, 0.717) is 12.1 Å². The van der Waals surface area contributed by atoms with Crippen molar-refractivity contribution in [2.45, 2.75) is 49.9 Å². The highest BCUT2D eigenvalue weighted by Gasteiger charge is 2.47. The molecule has 202 valence electrons. The van der Waals surface area contributed by atoms with Crippen molar-refractivity contribution in [2.75, 3.05) is 0 Å². The third kappa shape index (κ3) is 5.23. The predicted octanol–water partition coefficient (Wildman–Crippen LogP) is 6.67. The van der Waals surface area contributed by atoms with Crippen molar-refractivity contribution in [1.29, 1.82) is 0 Å². The molecule has 4 aromatic rings.